The van der Waals surface area contributed by atoms with E-state index < -0.39 is 0 Å². The second kappa shape index (κ2) is 3.79. The molecule has 1 N–H and O–H groups in total. The number of fused-ring (bicyclic) bond motifs is 1. The number of aryl methyl sites for hydroxylation is 1. The average Bonchev–Trinajstić information content (AvgIpc) is 2.76. The third-order valence-electron chi connectivity index (χ3n) is 3.01. The van der Waals surface area contributed by atoms with E-state index in [0.717, 1.165) is 37.8 Å². The van der Waals surface area contributed by atoms with Gasteiger partial charge in [-0.2, -0.15) is 0 Å². The standard InChI is InChI=1S/C12H15N3O/c1-9-8-10-2-3-13-11(10)14-12(9)15-4-6-16-7-5-15/h2-3,8H,4-7H2,1H3,(H,13,14). The normalized spacial score (nSPS) is 16.9. The number of nitrogens with zero attached hydrogens (tertiary/aromatic N) is 2. The van der Waals surface area contributed by atoms with Crippen molar-refractivity contribution in [1.29, 1.82) is 0 Å². The van der Waals surface area contributed by atoms with E-state index in [1.165, 1.54) is 10.9 Å². The van der Waals surface area contributed by atoms with Gasteiger partial charge in [-0.05, 0) is 24.6 Å². The van der Waals surface area contributed by atoms with Crippen LogP contribution in [-0.2, 0) is 4.74 Å². The van der Waals surface area contributed by atoms with Crippen molar-refractivity contribution in [3.63, 3.8) is 0 Å². The predicted octanol–water partition coefficient (Wildman–Crippen LogP) is 1.71. The maximum Gasteiger partial charge on any atom is 0.139 e. The molecule has 0 spiro atoms. The van der Waals surface area contributed by atoms with Gasteiger partial charge in [0.1, 0.15) is 11.5 Å². The van der Waals surface area contributed by atoms with E-state index in [4.69, 9.17) is 4.74 Å². The van der Waals surface area contributed by atoms with Gasteiger partial charge in [0.05, 0.1) is 13.2 Å². The molecule has 1 saturated heterocycles. The fourth-order valence-corrected chi connectivity index (χ4v) is 2.17. The molecule has 1 aliphatic heterocycles. The van der Waals surface area contributed by atoms with Crippen LogP contribution in [0.25, 0.3) is 11.0 Å². The molecule has 84 valence electrons. The Morgan fingerprint density at radius 1 is 1.38 bits per heavy atom. The Morgan fingerprint density at radius 2 is 2.19 bits per heavy atom. The predicted molar refractivity (Wildman–Crippen MR) is 63.9 cm³/mol. The Kier molecular flexibility index (Phi) is 2.29. The van der Waals surface area contributed by atoms with Crippen LogP contribution in [0.5, 0.6) is 0 Å². The average molecular weight is 217 g/mol. The number of hydrogen-bond donors (Lipinski definition) is 1. The molecule has 1 aliphatic rings. The first-order valence-corrected chi connectivity index (χ1v) is 5.62. The zero-order valence-corrected chi connectivity index (χ0v) is 9.36. The second-order valence-electron chi connectivity index (χ2n) is 4.14. The van der Waals surface area contributed by atoms with E-state index in [9.17, 15) is 0 Å². The van der Waals surface area contributed by atoms with Gasteiger partial charge in [-0.1, -0.05) is 0 Å². The van der Waals surface area contributed by atoms with E-state index in [1.807, 2.05) is 6.20 Å². The van der Waals surface area contributed by atoms with Crippen LogP contribution in [0.3, 0.4) is 0 Å². The molecule has 4 nitrogen and oxygen atoms in total. The topological polar surface area (TPSA) is 41.2 Å². The minimum Gasteiger partial charge on any atom is -0.378 e. The summed E-state index contributed by atoms with van der Waals surface area (Å²) in [6.07, 6.45) is 1.93. The van der Waals surface area contributed by atoms with Crippen LogP contribution in [0, 0.1) is 6.92 Å². The van der Waals surface area contributed by atoms with Gasteiger partial charge in [0.25, 0.3) is 0 Å². The Balaban J connectivity index is 2.03. The number of pyridine rings is 1. The lowest BCUT2D eigenvalue weighted by Crippen LogP contribution is -2.37. The fraction of sp³-hybridized carbons (Fsp3) is 0.417. The van der Waals surface area contributed by atoms with Crippen molar-refractivity contribution in [1.82, 2.24) is 9.97 Å². The smallest absolute Gasteiger partial charge is 0.139 e. The van der Waals surface area contributed by atoms with Crippen LogP contribution in [0.4, 0.5) is 5.82 Å². The molecule has 0 amide bonds. The van der Waals surface area contributed by atoms with E-state index >= 15 is 0 Å². The first kappa shape index (κ1) is 9.66. The first-order valence-electron chi connectivity index (χ1n) is 5.62. The number of H-pyrrole nitrogens is 1. The molecule has 0 aromatic carbocycles. The molecule has 4 heteroatoms. The molecule has 2 aromatic rings. The van der Waals surface area contributed by atoms with Crippen LogP contribution < -0.4 is 4.90 Å². The zero-order chi connectivity index (χ0) is 11.0. The molecule has 2 aromatic heterocycles. The van der Waals surface area contributed by atoms with E-state index in [-0.39, 0.29) is 0 Å². The van der Waals surface area contributed by atoms with Crippen LogP contribution >= 0.6 is 0 Å². The van der Waals surface area contributed by atoms with Gasteiger partial charge in [-0.15, -0.1) is 0 Å². The monoisotopic (exact) mass is 217 g/mol. The molecule has 0 radical (unpaired) electrons. The number of ether oxygens (including phenoxy) is 1. The molecule has 3 rings (SSSR count). The quantitative estimate of drug-likeness (QED) is 0.790. The summed E-state index contributed by atoms with van der Waals surface area (Å²) in [5.74, 6) is 1.08. The van der Waals surface area contributed by atoms with Crippen LogP contribution in [0.15, 0.2) is 18.3 Å². The molecule has 3 heterocycles. The number of hydrogen-bond acceptors (Lipinski definition) is 3. The molecular formula is C12H15N3O. The maximum atomic E-state index is 5.36. The highest BCUT2D eigenvalue weighted by Crippen LogP contribution is 2.22. The van der Waals surface area contributed by atoms with Gasteiger partial charge in [-0.3, -0.25) is 0 Å². The van der Waals surface area contributed by atoms with Crippen molar-refractivity contribution in [3.8, 4) is 0 Å². The molecule has 0 atom stereocenters. The lowest BCUT2D eigenvalue weighted by Gasteiger charge is -2.28. The Hall–Kier alpha value is -1.55. The van der Waals surface area contributed by atoms with Gasteiger partial charge < -0.3 is 14.6 Å². The molecule has 0 aliphatic carbocycles. The van der Waals surface area contributed by atoms with Gasteiger partial charge in [-0.25, -0.2) is 4.98 Å². The Morgan fingerprint density at radius 3 is 3.00 bits per heavy atom. The molecular weight excluding hydrogens is 202 g/mol. The van der Waals surface area contributed by atoms with Gasteiger partial charge in [0.2, 0.25) is 0 Å². The fourth-order valence-electron chi connectivity index (χ4n) is 2.17. The van der Waals surface area contributed by atoms with Crippen molar-refractivity contribution < 1.29 is 4.74 Å². The summed E-state index contributed by atoms with van der Waals surface area (Å²) in [5.41, 5.74) is 2.20. The second-order valence-corrected chi connectivity index (χ2v) is 4.14. The van der Waals surface area contributed by atoms with E-state index in [0.29, 0.717) is 0 Å². The number of aromatic amines is 1. The van der Waals surface area contributed by atoms with Crippen LogP contribution in [-0.4, -0.2) is 36.3 Å². The summed E-state index contributed by atoms with van der Waals surface area (Å²) >= 11 is 0. The van der Waals surface area contributed by atoms with Crippen molar-refractivity contribution in [3.05, 3.63) is 23.9 Å². The summed E-state index contributed by atoms with van der Waals surface area (Å²) in [7, 11) is 0. The molecule has 1 fully saturated rings. The van der Waals surface area contributed by atoms with Crippen LogP contribution in [0.2, 0.25) is 0 Å². The third-order valence-corrected chi connectivity index (χ3v) is 3.01. The highest BCUT2D eigenvalue weighted by Gasteiger charge is 2.15. The largest absolute Gasteiger partial charge is 0.378 e. The maximum absolute atomic E-state index is 5.36. The number of nitrogens with one attached hydrogen (secondary N) is 1. The minimum atomic E-state index is 0.796. The summed E-state index contributed by atoms with van der Waals surface area (Å²) in [4.78, 5) is 10.1. The molecule has 0 saturated carbocycles. The van der Waals surface area contributed by atoms with Crippen LogP contribution in [0.1, 0.15) is 5.56 Å². The van der Waals surface area contributed by atoms with E-state index in [1.54, 1.807) is 0 Å². The number of aromatic nitrogens is 2. The summed E-state index contributed by atoms with van der Waals surface area (Å²) in [6.45, 7) is 5.57. The highest BCUT2D eigenvalue weighted by molar-refractivity contribution is 5.79. The number of morpholine rings is 1. The van der Waals surface area contributed by atoms with Crippen molar-refractivity contribution in [2.75, 3.05) is 31.2 Å². The Labute approximate surface area is 94.2 Å². The SMILES string of the molecule is Cc1cc2cc[nH]c2nc1N1CCOCC1. The summed E-state index contributed by atoms with van der Waals surface area (Å²) in [5, 5.41) is 1.18. The first-order chi connectivity index (χ1) is 7.84. The molecule has 0 unspecified atom stereocenters. The number of anilines is 1. The lowest BCUT2D eigenvalue weighted by molar-refractivity contribution is 0.122. The molecule has 16 heavy (non-hydrogen) atoms. The molecule has 0 bridgehead atoms. The van der Waals surface area contributed by atoms with Crippen molar-refractivity contribution in [2.45, 2.75) is 6.92 Å². The number of rotatable bonds is 1. The summed E-state index contributed by atoms with van der Waals surface area (Å²) < 4.78 is 5.36. The van der Waals surface area contributed by atoms with Gasteiger partial charge >= 0.3 is 0 Å². The van der Waals surface area contributed by atoms with Gasteiger partial charge in [0.15, 0.2) is 0 Å². The minimum absolute atomic E-state index is 0.796. The zero-order valence-electron chi connectivity index (χ0n) is 9.36. The Bertz CT molecular complexity index is 500. The van der Waals surface area contributed by atoms with E-state index in [2.05, 4.69) is 33.9 Å². The third kappa shape index (κ3) is 1.55. The lowest BCUT2D eigenvalue weighted by atomic mass is 10.2. The van der Waals surface area contributed by atoms with Gasteiger partial charge in [0, 0.05) is 24.7 Å². The van der Waals surface area contributed by atoms with Crippen molar-refractivity contribution >= 4 is 16.9 Å². The summed E-state index contributed by atoms with van der Waals surface area (Å²) in [6, 6.07) is 4.24. The van der Waals surface area contributed by atoms with Crippen molar-refractivity contribution in [2.24, 2.45) is 0 Å². The highest BCUT2D eigenvalue weighted by atomic mass is 16.5.